The van der Waals surface area contributed by atoms with Gasteiger partial charge >= 0.3 is 0 Å². The molecule has 1 N–H and O–H groups in total. The summed E-state index contributed by atoms with van der Waals surface area (Å²) in [5.41, 5.74) is 0.412. The van der Waals surface area contributed by atoms with Crippen LogP contribution in [0.2, 0.25) is 0 Å². The molecule has 0 spiro atoms. The highest BCUT2D eigenvalue weighted by atomic mass is 19.1. The maximum absolute atomic E-state index is 14.1. The number of piperidine rings is 1. The predicted octanol–water partition coefficient (Wildman–Crippen LogP) is 2.34. The van der Waals surface area contributed by atoms with Crippen molar-refractivity contribution in [2.24, 2.45) is 0 Å². The Morgan fingerprint density at radius 1 is 0.963 bits per heavy atom. The van der Waals surface area contributed by atoms with Gasteiger partial charge in [-0.1, -0.05) is 48.5 Å². The zero-order valence-corrected chi connectivity index (χ0v) is 15.0. The minimum Gasteiger partial charge on any atom is -0.385 e. The molecule has 1 aliphatic rings. The molecule has 1 fully saturated rings. The number of hydrogen-bond acceptors (Lipinski definition) is 5. The molecule has 6 nitrogen and oxygen atoms in total. The molecular formula is C20H22FN5O. The van der Waals surface area contributed by atoms with E-state index in [0.29, 0.717) is 44.6 Å². The van der Waals surface area contributed by atoms with E-state index >= 15 is 0 Å². The third kappa shape index (κ3) is 3.89. The second-order valence-electron chi connectivity index (χ2n) is 7.03. The zero-order valence-electron chi connectivity index (χ0n) is 15.0. The average molecular weight is 367 g/mol. The smallest absolute Gasteiger partial charge is 0.165 e. The lowest BCUT2D eigenvalue weighted by molar-refractivity contribution is -0.0309. The molecule has 4 rings (SSSR count). The fourth-order valence-electron chi connectivity index (χ4n) is 3.60. The van der Waals surface area contributed by atoms with Crippen molar-refractivity contribution in [3.8, 4) is 0 Å². The van der Waals surface area contributed by atoms with Gasteiger partial charge in [0.25, 0.3) is 0 Å². The number of rotatable bonds is 5. The Labute approximate surface area is 157 Å². The van der Waals surface area contributed by atoms with Crippen molar-refractivity contribution in [2.45, 2.75) is 31.5 Å². The van der Waals surface area contributed by atoms with E-state index in [4.69, 9.17) is 0 Å². The van der Waals surface area contributed by atoms with Crippen molar-refractivity contribution in [3.05, 3.63) is 77.4 Å². The fraction of sp³-hybridized carbons (Fsp3) is 0.350. The van der Waals surface area contributed by atoms with Crippen LogP contribution in [0.15, 0.2) is 54.6 Å². The van der Waals surface area contributed by atoms with Crippen molar-refractivity contribution in [2.75, 3.05) is 13.1 Å². The summed E-state index contributed by atoms with van der Waals surface area (Å²) in [4.78, 5) is 2.20. The van der Waals surface area contributed by atoms with Gasteiger partial charge in [-0.05, 0) is 34.9 Å². The quantitative estimate of drug-likeness (QED) is 0.750. The number of likely N-dealkylation sites (tertiary alicyclic amines) is 1. The number of tetrazole rings is 1. The Morgan fingerprint density at radius 3 is 2.41 bits per heavy atom. The van der Waals surface area contributed by atoms with Gasteiger partial charge < -0.3 is 5.11 Å². The van der Waals surface area contributed by atoms with E-state index in [1.807, 2.05) is 30.3 Å². The van der Waals surface area contributed by atoms with Crippen LogP contribution < -0.4 is 0 Å². The molecule has 27 heavy (non-hydrogen) atoms. The summed E-state index contributed by atoms with van der Waals surface area (Å²) in [7, 11) is 0. The van der Waals surface area contributed by atoms with Crippen molar-refractivity contribution in [1.29, 1.82) is 0 Å². The first-order chi connectivity index (χ1) is 13.1. The van der Waals surface area contributed by atoms with E-state index in [9.17, 15) is 9.50 Å². The number of aliphatic hydroxyl groups is 1. The second-order valence-corrected chi connectivity index (χ2v) is 7.03. The summed E-state index contributed by atoms with van der Waals surface area (Å²) in [6.45, 7) is 2.54. The predicted molar refractivity (Wildman–Crippen MR) is 98.2 cm³/mol. The van der Waals surface area contributed by atoms with Crippen LogP contribution >= 0.6 is 0 Å². The maximum atomic E-state index is 14.1. The average Bonchev–Trinajstić information content (AvgIpc) is 3.11. The minimum atomic E-state index is -1.11. The first-order valence-corrected chi connectivity index (χ1v) is 9.13. The minimum absolute atomic E-state index is 0.347. The lowest BCUT2D eigenvalue weighted by Gasteiger charge is -2.38. The number of halogens is 1. The van der Waals surface area contributed by atoms with E-state index in [1.54, 1.807) is 22.9 Å². The molecule has 0 atom stereocenters. The van der Waals surface area contributed by atoms with E-state index in [1.165, 1.54) is 6.07 Å². The van der Waals surface area contributed by atoms with Gasteiger partial charge in [-0.3, -0.25) is 4.90 Å². The van der Waals surface area contributed by atoms with Crippen LogP contribution in [-0.2, 0) is 18.7 Å². The summed E-state index contributed by atoms with van der Waals surface area (Å²) in [5, 5.41) is 23.0. The molecule has 1 aromatic heterocycles. The molecule has 0 radical (unpaired) electrons. The van der Waals surface area contributed by atoms with Gasteiger partial charge in [-0.15, -0.1) is 5.10 Å². The maximum Gasteiger partial charge on any atom is 0.165 e. The molecule has 2 aromatic carbocycles. The second kappa shape index (κ2) is 7.54. The van der Waals surface area contributed by atoms with Gasteiger partial charge in [-0.2, -0.15) is 0 Å². The van der Waals surface area contributed by atoms with Gasteiger partial charge in [0.1, 0.15) is 5.82 Å². The van der Waals surface area contributed by atoms with Gasteiger partial charge in [0.2, 0.25) is 0 Å². The Balaban J connectivity index is 1.40. The molecule has 140 valence electrons. The Bertz CT molecular complexity index is 890. The first kappa shape index (κ1) is 17.8. The van der Waals surface area contributed by atoms with Crippen molar-refractivity contribution in [1.82, 2.24) is 25.1 Å². The molecule has 0 aliphatic carbocycles. The van der Waals surface area contributed by atoms with Gasteiger partial charge in [0, 0.05) is 18.7 Å². The monoisotopic (exact) mass is 367 g/mol. The molecule has 0 amide bonds. The SMILES string of the molecule is OC1(c2ccccc2F)CCN(Cc2nnnn2Cc2ccccc2)CC1. The fourth-order valence-corrected chi connectivity index (χ4v) is 3.60. The highest BCUT2D eigenvalue weighted by Gasteiger charge is 2.36. The van der Waals surface area contributed by atoms with E-state index in [2.05, 4.69) is 20.4 Å². The van der Waals surface area contributed by atoms with Crippen LogP contribution in [0.4, 0.5) is 4.39 Å². The lowest BCUT2D eigenvalue weighted by Crippen LogP contribution is -2.43. The van der Waals surface area contributed by atoms with Crippen LogP contribution in [0, 0.1) is 5.82 Å². The number of benzene rings is 2. The van der Waals surface area contributed by atoms with Gasteiger partial charge in [0.05, 0.1) is 18.7 Å². The third-order valence-electron chi connectivity index (χ3n) is 5.20. The summed E-state index contributed by atoms with van der Waals surface area (Å²) < 4.78 is 15.9. The third-order valence-corrected chi connectivity index (χ3v) is 5.20. The Hall–Kier alpha value is -2.64. The zero-order chi connectivity index (χ0) is 18.7. The highest BCUT2D eigenvalue weighted by Crippen LogP contribution is 2.34. The summed E-state index contributed by atoms with van der Waals surface area (Å²) in [6.07, 6.45) is 0.961. The van der Waals surface area contributed by atoms with Crippen LogP contribution in [-0.4, -0.2) is 43.3 Å². The Kier molecular flexibility index (Phi) is 4.96. The molecule has 1 saturated heterocycles. The van der Waals surface area contributed by atoms with Crippen LogP contribution in [0.25, 0.3) is 0 Å². The van der Waals surface area contributed by atoms with E-state index < -0.39 is 5.60 Å². The van der Waals surface area contributed by atoms with Gasteiger partial charge in [-0.25, -0.2) is 9.07 Å². The van der Waals surface area contributed by atoms with E-state index in [-0.39, 0.29) is 5.82 Å². The summed E-state index contributed by atoms with van der Waals surface area (Å²) >= 11 is 0. The number of hydrogen-bond donors (Lipinski definition) is 1. The van der Waals surface area contributed by atoms with Crippen molar-refractivity contribution >= 4 is 0 Å². The molecule has 1 aliphatic heterocycles. The van der Waals surface area contributed by atoms with Crippen LogP contribution in [0.5, 0.6) is 0 Å². The van der Waals surface area contributed by atoms with E-state index in [0.717, 1.165) is 11.4 Å². The van der Waals surface area contributed by atoms with Crippen LogP contribution in [0.1, 0.15) is 29.8 Å². The van der Waals surface area contributed by atoms with Crippen molar-refractivity contribution < 1.29 is 9.50 Å². The lowest BCUT2D eigenvalue weighted by atomic mass is 9.84. The highest BCUT2D eigenvalue weighted by molar-refractivity contribution is 5.25. The largest absolute Gasteiger partial charge is 0.385 e. The molecule has 0 bridgehead atoms. The van der Waals surface area contributed by atoms with Gasteiger partial charge in [0.15, 0.2) is 5.82 Å². The van der Waals surface area contributed by atoms with Crippen LogP contribution in [0.3, 0.4) is 0 Å². The first-order valence-electron chi connectivity index (χ1n) is 9.13. The number of nitrogens with zero attached hydrogens (tertiary/aromatic N) is 5. The normalized spacial score (nSPS) is 17.1. The molecule has 2 heterocycles. The molecule has 7 heteroatoms. The standard InChI is InChI=1S/C20H22FN5O/c21-18-9-5-4-8-17(18)20(27)10-12-25(13-11-20)15-19-22-23-24-26(19)14-16-6-2-1-3-7-16/h1-9,27H,10-15H2. The molecule has 0 saturated carbocycles. The Morgan fingerprint density at radius 2 is 1.67 bits per heavy atom. The topological polar surface area (TPSA) is 67.1 Å². The summed E-state index contributed by atoms with van der Waals surface area (Å²) in [5.74, 6) is 0.440. The molecular weight excluding hydrogens is 345 g/mol. The molecule has 0 unspecified atom stereocenters. The number of aromatic nitrogens is 4. The molecule has 3 aromatic rings. The van der Waals surface area contributed by atoms with Crippen molar-refractivity contribution in [3.63, 3.8) is 0 Å². The summed E-state index contributed by atoms with van der Waals surface area (Å²) in [6, 6.07) is 16.5.